The van der Waals surface area contributed by atoms with Crippen LogP contribution in [-0.4, -0.2) is 51.4 Å². The van der Waals surface area contributed by atoms with E-state index in [1.54, 1.807) is 7.11 Å². The molecule has 1 saturated heterocycles. The van der Waals surface area contributed by atoms with Crippen LogP contribution in [-0.2, 0) is 4.74 Å². The van der Waals surface area contributed by atoms with Crippen molar-refractivity contribution in [3.63, 3.8) is 0 Å². The molecular weight excluding hydrogens is 304 g/mol. The van der Waals surface area contributed by atoms with Gasteiger partial charge in [0, 0.05) is 30.7 Å². The molecule has 2 aromatic rings. The molecule has 0 bridgehead atoms. The van der Waals surface area contributed by atoms with Gasteiger partial charge in [-0.2, -0.15) is 0 Å². The van der Waals surface area contributed by atoms with Crippen LogP contribution in [0.1, 0.15) is 31.6 Å². The lowest BCUT2D eigenvalue weighted by atomic mass is 9.88. The number of rotatable bonds is 6. The molecule has 1 aliphatic rings. The molecule has 0 unspecified atom stereocenters. The molecule has 0 radical (unpaired) electrons. The van der Waals surface area contributed by atoms with Gasteiger partial charge in [-0.25, -0.2) is 0 Å². The van der Waals surface area contributed by atoms with Crippen LogP contribution < -0.4 is 10.1 Å². The Hall–Kier alpha value is -1.56. The van der Waals surface area contributed by atoms with Gasteiger partial charge in [-0.15, -0.1) is 0 Å². The number of para-hydroxylation sites is 1. The molecule has 3 rings (SSSR count). The van der Waals surface area contributed by atoms with E-state index in [1.807, 2.05) is 12.1 Å². The van der Waals surface area contributed by atoms with E-state index in [-0.39, 0.29) is 11.6 Å². The highest BCUT2D eigenvalue weighted by atomic mass is 16.5. The molecule has 0 aliphatic carbocycles. The molecule has 5 nitrogen and oxygen atoms in total. The molecule has 5 heteroatoms. The van der Waals surface area contributed by atoms with Crippen molar-refractivity contribution in [1.82, 2.24) is 10.2 Å². The minimum Gasteiger partial charge on any atom is -0.493 e. The van der Waals surface area contributed by atoms with E-state index < -0.39 is 0 Å². The fourth-order valence-electron chi connectivity index (χ4n) is 3.41. The van der Waals surface area contributed by atoms with Crippen molar-refractivity contribution in [2.75, 3.05) is 41.0 Å². The normalized spacial score (nSPS) is 18.9. The first kappa shape index (κ1) is 17.3. The highest BCUT2D eigenvalue weighted by molar-refractivity contribution is 5.83. The van der Waals surface area contributed by atoms with Crippen LogP contribution in [0.5, 0.6) is 5.75 Å². The molecule has 132 valence electrons. The second-order valence-corrected chi connectivity index (χ2v) is 6.86. The summed E-state index contributed by atoms with van der Waals surface area (Å²) in [5.41, 5.74) is 0.966. The average molecular weight is 332 g/mol. The molecule has 2 heterocycles. The molecule has 1 N–H and O–H groups in total. The molecular formula is C19H28N2O3. The van der Waals surface area contributed by atoms with E-state index in [2.05, 4.69) is 43.4 Å². The van der Waals surface area contributed by atoms with Crippen LogP contribution in [0, 0.1) is 0 Å². The van der Waals surface area contributed by atoms with E-state index >= 15 is 0 Å². The van der Waals surface area contributed by atoms with Crippen LogP contribution in [0.25, 0.3) is 11.0 Å². The number of hydrogen-bond donors (Lipinski definition) is 1. The lowest BCUT2D eigenvalue weighted by molar-refractivity contribution is -0.00829. The van der Waals surface area contributed by atoms with Gasteiger partial charge >= 0.3 is 0 Å². The maximum Gasteiger partial charge on any atom is 0.176 e. The van der Waals surface area contributed by atoms with Crippen LogP contribution >= 0.6 is 0 Å². The van der Waals surface area contributed by atoms with Gasteiger partial charge in [0.25, 0.3) is 0 Å². The number of furan rings is 1. The quantitative estimate of drug-likeness (QED) is 0.880. The van der Waals surface area contributed by atoms with Gasteiger partial charge in [-0.05, 0) is 46.0 Å². The highest BCUT2D eigenvalue weighted by Crippen LogP contribution is 2.31. The van der Waals surface area contributed by atoms with E-state index in [0.29, 0.717) is 0 Å². The Morgan fingerprint density at radius 1 is 1.29 bits per heavy atom. The van der Waals surface area contributed by atoms with E-state index in [0.717, 1.165) is 55.1 Å². The first-order chi connectivity index (χ1) is 11.6. The number of methoxy groups -OCH3 is 1. The van der Waals surface area contributed by atoms with Crippen molar-refractivity contribution in [2.24, 2.45) is 0 Å². The Balaban J connectivity index is 1.73. The minimum atomic E-state index is 0.141. The SMILES string of the molecule is COc1cccc2cc([C@@H](C)NCC3(N(C)C)CCOCC3)oc12. The van der Waals surface area contributed by atoms with Gasteiger partial charge in [0.15, 0.2) is 11.3 Å². The number of hydrogen-bond acceptors (Lipinski definition) is 5. The van der Waals surface area contributed by atoms with Crippen molar-refractivity contribution >= 4 is 11.0 Å². The number of nitrogens with zero attached hydrogens (tertiary/aromatic N) is 1. The molecule has 0 amide bonds. The Labute approximate surface area is 143 Å². The molecule has 1 atom stereocenters. The van der Waals surface area contributed by atoms with Gasteiger partial charge in [0.05, 0.1) is 13.2 Å². The fraction of sp³-hybridized carbons (Fsp3) is 0.579. The summed E-state index contributed by atoms with van der Waals surface area (Å²) in [5, 5.41) is 4.73. The molecule has 0 spiro atoms. The van der Waals surface area contributed by atoms with Gasteiger partial charge in [0.1, 0.15) is 5.76 Å². The van der Waals surface area contributed by atoms with Gasteiger partial charge in [-0.3, -0.25) is 0 Å². The Morgan fingerprint density at radius 2 is 2.04 bits per heavy atom. The maximum absolute atomic E-state index is 6.06. The first-order valence-electron chi connectivity index (χ1n) is 8.61. The van der Waals surface area contributed by atoms with Crippen LogP contribution in [0.2, 0.25) is 0 Å². The van der Waals surface area contributed by atoms with Crippen molar-refractivity contribution < 1.29 is 13.9 Å². The number of likely N-dealkylation sites (N-methyl/N-ethyl adjacent to an activating group) is 1. The van der Waals surface area contributed by atoms with Crippen molar-refractivity contribution in [3.05, 3.63) is 30.0 Å². The lowest BCUT2D eigenvalue weighted by Crippen LogP contribution is -2.55. The Bertz CT molecular complexity index is 674. The maximum atomic E-state index is 6.06. The molecule has 1 aromatic heterocycles. The van der Waals surface area contributed by atoms with Gasteiger partial charge < -0.3 is 24.1 Å². The Kier molecular flexibility index (Phi) is 5.13. The minimum absolute atomic E-state index is 0.141. The summed E-state index contributed by atoms with van der Waals surface area (Å²) in [6.45, 7) is 4.72. The zero-order chi connectivity index (χ0) is 17.2. The molecule has 0 saturated carbocycles. The topological polar surface area (TPSA) is 46.9 Å². The molecule has 1 aliphatic heterocycles. The second-order valence-electron chi connectivity index (χ2n) is 6.86. The summed E-state index contributed by atoms with van der Waals surface area (Å²) >= 11 is 0. The van der Waals surface area contributed by atoms with E-state index in [4.69, 9.17) is 13.9 Å². The predicted octanol–water partition coefficient (Wildman–Crippen LogP) is 3.20. The van der Waals surface area contributed by atoms with Crippen molar-refractivity contribution in [3.8, 4) is 5.75 Å². The monoisotopic (exact) mass is 332 g/mol. The lowest BCUT2D eigenvalue weighted by Gasteiger charge is -2.43. The second kappa shape index (κ2) is 7.13. The number of benzene rings is 1. The van der Waals surface area contributed by atoms with Crippen LogP contribution in [0.15, 0.2) is 28.7 Å². The highest BCUT2D eigenvalue weighted by Gasteiger charge is 2.35. The Morgan fingerprint density at radius 3 is 2.71 bits per heavy atom. The number of ether oxygens (including phenoxy) is 2. The summed E-state index contributed by atoms with van der Waals surface area (Å²) in [6, 6.07) is 8.21. The van der Waals surface area contributed by atoms with E-state index in [9.17, 15) is 0 Å². The van der Waals surface area contributed by atoms with Crippen LogP contribution in [0.4, 0.5) is 0 Å². The van der Waals surface area contributed by atoms with Gasteiger partial charge in [-0.1, -0.05) is 12.1 Å². The van der Waals surface area contributed by atoms with Crippen molar-refractivity contribution in [2.45, 2.75) is 31.3 Å². The summed E-state index contributed by atoms with van der Waals surface area (Å²) in [7, 11) is 5.98. The third-order valence-electron chi connectivity index (χ3n) is 5.28. The smallest absolute Gasteiger partial charge is 0.176 e. The molecule has 1 fully saturated rings. The predicted molar refractivity (Wildman–Crippen MR) is 95.7 cm³/mol. The first-order valence-corrected chi connectivity index (χ1v) is 8.61. The van der Waals surface area contributed by atoms with Crippen LogP contribution in [0.3, 0.4) is 0 Å². The molecule has 24 heavy (non-hydrogen) atoms. The standard InChI is InChI=1S/C19H28N2O3/c1-14(20-13-19(21(2)3)8-10-23-11-9-19)17-12-15-6-5-7-16(22-4)18(15)24-17/h5-7,12,14,20H,8-11,13H2,1-4H3/t14-/m1/s1. The largest absolute Gasteiger partial charge is 0.493 e. The van der Waals surface area contributed by atoms with Crippen molar-refractivity contribution in [1.29, 1.82) is 0 Å². The summed E-state index contributed by atoms with van der Waals surface area (Å²) in [6.07, 6.45) is 2.10. The van der Waals surface area contributed by atoms with E-state index in [1.165, 1.54) is 0 Å². The molecule has 1 aromatic carbocycles. The average Bonchev–Trinajstić information content (AvgIpc) is 3.04. The third-order valence-corrected chi connectivity index (χ3v) is 5.28. The zero-order valence-electron chi connectivity index (χ0n) is 15.1. The number of nitrogens with one attached hydrogen (secondary N) is 1. The summed E-state index contributed by atoms with van der Waals surface area (Å²) in [4.78, 5) is 2.33. The number of fused-ring (bicyclic) bond motifs is 1. The summed E-state index contributed by atoms with van der Waals surface area (Å²) < 4.78 is 17.0. The third kappa shape index (κ3) is 3.29. The van der Waals surface area contributed by atoms with Gasteiger partial charge in [0.2, 0.25) is 0 Å². The zero-order valence-corrected chi connectivity index (χ0v) is 15.1. The fourth-order valence-corrected chi connectivity index (χ4v) is 3.41. The summed E-state index contributed by atoms with van der Waals surface area (Å²) in [5.74, 6) is 1.72.